The third-order valence-electron chi connectivity index (χ3n) is 2.53. The highest BCUT2D eigenvalue weighted by Gasteiger charge is 2.66. The Morgan fingerprint density at radius 3 is 2.76 bits per heavy atom. The molecule has 0 N–H and O–H groups in total. The molecule has 5 heteroatoms. The molecule has 1 aliphatic rings. The van der Waals surface area contributed by atoms with Gasteiger partial charge in [-0.25, -0.2) is 4.79 Å². The van der Waals surface area contributed by atoms with Gasteiger partial charge >= 0.3 is 5.97 Å². The molecule has 2 atom stereocenters. The monoisotopic (exact) mass is 251 g/mol. The first-order valence-electron chi connectivity index (χ1n) is 5.16. The van der Waals surface area contributed by atoms with Gasteiger partial charge in [0.2, 0.25) is 0 Å². The van der Waals surface area contributed by atoms with Crippen LogP contribution in [0.3, 0.4) is 0 Å². The number of rotatable bonds is 3. The van der Waals surface area contributed by atoms with Crippen LogP contribution >= 0.6 is 11.6 Å². The molecule has 0 aliphatic carbocycles. The minimum atomic E-state index is -1.48. The molecule has 0 bridgehead atoms. The van der Waals surface area contributed by atoms with E-state index in [1.165, 1.54) is 0 Å². The molecule has 4 nitrogen and oxygen atoms in total. The molecular weight excluding hydrogens is 242 g/mol. The third kappa shape index (κ3) is 1.99. The normalized spacial score (nSPS) is 26.1. The van der Waals surface area contributed by atoms with E-state index in [0.717, 1.165) is 5.56 Å². The Labute approximate surface area is 104 Å². The number of hydrogen-bond acceptors (Lipinski definition) is 4. The van der Waals surface area contributed by atoms with Crippen molar-refractivity contribution in [3.05, 3.63) is 34.9 Å². The van der Waals surface area contributed by atoms with Gasteiger partial charge in [0, 0.05) is 5.02 Å². The number of nitriles is 1. The lowest BCUT2D eigenvalue weighted by molar-refractivity contribution is -0.147. The van der Waals surface area contributed by atoms with Crippen LogP contribution in [0.25, 0.3) is 0 Å². The van der Waals surface area contributed by atoms with Crippen LogP contribution in [0.5, 0.6) is 0 Å². The number of nitrogens with zero attached hydrogens (tertiary/aromatic N) is 1. The standard InChI is InChI=1S/C12H10ClNO3/c1-2-16-11(15)12(7-14)10(17-12)8-3-5-9(13)6-4-8/h3-6,10H,2H2,1H3/t10-,12+/m0/s1. The summed E-state index contributed by atoms with van der Waals surface area (Å²) < 4.78 is 10.0. The van der Waals surface area contributed by atoms with Crippen LogP contribution < -0.4 is 0 Å². The maximum atomic E-state index is 11.6. The minimum Gasteiger partial charge on any atom is -0.463 e. The molecule has 0 amide bonds. The number of epoxide rings is 1. The fourth-order valence-electron chi connectivity index (χ4n) is 1.62. The Morgan fingerprint density at radius 2 is 2.24 bits per heavy atom. The van der Waals surface area contributed by atoms with Gasteiger partial charge in [-0.1, -0.05) is 23.7 Å². The van der Waals surface area contributed by atoms with Crippen LogP contribution in [0.1, 0.15) is 18.6 Å². The summed E-state index contributed by atoms with van der Waals surface area (Å²) in [5.74, 6) is -0.637. The zero-order valence-corrected chi connectivity index (χ0v) is 9.90. The Hall–Kier alpha value is -1.57. The van der Waals surface area contributed by atoms with Crippen molar-refractivity contribution in [3.63, 3.8) is 0 Å². The highest BCUT2D eigenvalue weighted by Crippen LogP contribution is 2.50. The molecule has 1 aromatic carbocycles. The molecule has 0 unspecified atom stereocenters. The van der Waals surface area contributed by atoms with E-state index in [1.807, 2.05) is 6.07 Å². The lowest BCUT2D eigenvalue weighted by Gasteiger charge is -2.03. The summed E-state index contributed by atoms with van der Waals surface area (Å²) in [5, 5.41) is 9.63. The minimum absolute atomic E-state index is 0.221. The number of benzene rings is 1. The first kappa shape index (κ1) is 11.9. The van der Waals surface area contributed by atoms with E-state index in [0.29, 0.717) is 5.02 Å². The van der Waals surface area contributed by atoms with Crippen LogP contribution in [-0.2, 0) is 14.3 Å². The highest BCUT2D eigenvalue weighted by atomic mass is 35.5. The molecule has 1 saturated heterocycles. The van der Waals surface area contributed by atoms with Gasteiger partial charge in [-0.15, -0.1) is 0 Å². The zero-order chi connectivity index (χ0) is 12.5. The summed E-state index contributed by atoms with van der Waals surface area (Å²) in [6, 6.07) is 8.70. The second-order valence-corrected chi connectivity index (χ2v) is 4.05. The highest BCUT2D eigenvalue weighted by molar-refractivity contribution is 6.30. The topological polar surface area (TPSA) is 62.6 Å². The number of carbonyl (C=O) groups excluding carboxylic acids is 1. The number of hydrogen-bond donors (Lipinski definition) is 0. The smallest absolute Gasteiger partial charge is 0.356 e. The van der Waals surface area contributed by atoms with Gasteiger partial charge in [0.1, 0.15) is 12.2 Å². The van der Waals surface area contributed by atoms with Gasteiger partial charge in [0.05, 0.1) is 6.61 Å². The first-order chi connectivity index (χ1) is 8.14. The molecule has 88 valence electrons. The molecular formula is C12H10ClNO3. The van der Waals surface area contributed by atoms with Crippen molar-refractivity contribution in [1.29, 1.82) is 5.26 Å². The van der Waals surface area contributed by atoms with Crippen LogP contribution in [0.4, 0.5) is 0 Å². The predicted octanol–water partition coefficient (Wildman–Crippen LogP) is 2.24. The van der Waals surface area contributed by atoms with Crippen molar-refractivity contribution in [1.82, 2.24) is 0 Å². The number of esters is 1. The summed E-state index contributed by atoms with van der Waals surface area (Å²) in [6.07, 6.45) is -0.566. The first-order valence-corrected chi connectivity index (χ1v) is 5.53. The average molecular weight is 252 g/mol. The average Bonchev–Trinajstić information content (AvgIpc) is 3.06. The number of halogens is 1. The predicted molar refractivity (Wildman–Crippen MR) is 60.3 cm³/mol. The second kappa shape index (κ2) is 4.36. The number of ether oxygens (including phenoxy) is 2. The van der Waals surface area contributed by atoms with Gasteiger partial charge in [-0.05, 0) is 24.6 Å². The van der Waals surface area contributed by atoms with E-state index < -0.39 is 17.7 Å². The molecule has 2 rings (SSSR count). The van der Waals surface area contributed by atoms with Gasteiger partial charge in [0.25, 0.3) is 5.60 Å². The fraction of sp³-hybridized carbons (Fsp3) is 0.333. The van der Waals surface area contributed by atoms with Crippen molar-refractivity contribution < 1.29 is 14.3 Å². The van der Waals surface area contributed by atoms with E-state index in [4.69, 9.17) is 26.3 Å². The van der Waals surface area contributed by atoms with E-state index in [9.17, 15) is 4.79 Å². The van der Waals surface area contributed by atoms with Gasteiger partial charge in [-0.3, -0.25) is 0 Å². The zero-order valence-electron chi connectivity index (χ0n) is 9.14. The van der Waals surface area contributed by atoms with Crippen molar-refractivity contribution in [3.8, 4) is 6.07 Å². The van der Waals surface area contributed by atoms with Gasteiger partial charge < -0.3 is 9.47 Å². The lowest BCUT2D eigenvalue weighted by atomic mass is 10.0. The second-order valence-electron chi connectivity index (χ2n) is 3.62. The fourth-order valence-corrected chi connectivity index (χ4v) is 1.74. The Kier molecular flexibility index (Phi) is 3.05. The molecule has 1 aliphatic heterocycles. The van der Waals surface area contributed by atoms with E-state index in [-0.39, 0.29) is 6.61 Å². The Morgan fingerprint density at radius 1 is 1.59 bits per heavy atom. The van der Waals surface area contributed by atoms with Crippen molar-refractivity contribution >= 4 is 17.6 Å². The van der Waals surface area contributed by atoms with E-state index >= 15 is 0 Å². The van der Waals surface area contributed by atoms with Gasteiger partial charge in [0.15, 0.2) is 0 Å². The SMILES string of the molecule is CCOC(=O)[C@]1(C#N)O[C@H]1c1ccc(Cl)cc1. The van der Waals surface area contributed by atoms with Crippen molar-refractivity contribution in [2.45, 2.75) is 18.6 Å². The molecule has 1 fully saturated rings. The van der Waals surface area contributed by atoms with Crippen LogP contribution in [0, 0.1) is 11.3 Å². The number of carbonyl (C=O) groups is 1. The van der Waals surface area contributed by atoms with Crippen LogP contribution in [-0.4, -0.2) is 18.2 Å². The lowest BCUT2D eigenvalue weighted by Crippen LogP contribution is -2.26. The molecule has 0 spiro atoms. The molecule has 17 heavy (non-hydrogen) atoms. The maximum absolute atomic E-state index is 11.6. The molecule has 0 saturated carbocycles. The molecule has 0 aromatic heterocycles. The molecule has 1 heterocycles. The summed E-state index contributed by atoms with van der Waals surface area (Å²) >= 11 is 5.76. The van der Waals surface area contributed by atoms with Crippen LogP contribution in [0.2, 0.25) is 5.02 Å². The molecule has 0 radical (unpaired) electrons. The van der Waals surface area contributed by atoms with E-state index in [2.05, 4.69) is 0 Å². The Bertz CT molecular complexity index is 480. The quantitative estimate of drug-likeness (QED) is 0.611. The summed E-state index contributed by atoms with van der Waals surface area (Å²) in [7, 11) is 0. The van der Waals surface area contributed by atoms with Crippen molar-refractivity contribution in [2.75, 3.05) is 6.61 Å². The summed E-state index contributed by atoms with van der Waals surface area (Å²) in [4.78, 5) is 11.6. The summed E-state index contributed by atoms with van der Waals surface area (Å²) in [5.41, 5.74) is -0.742. The van der Waals surface area contributed by atoms with Crippen molar-refractivity contribution in [2.24, 2.45) is 0 Å². The molecule has 1 aromatic rings. The van der Waals surface area contributed by atoms with Gasteiger partial charge in [-0.2, -0.15) is 5.26 Å². The van der Waals surface area contributed by atoms with E-state index in [1.54, 1.807) is 31.2 Å². The Balaban J connectivity index is 2.19. The largest absolute Gasteiger partial charge is 0.463 e. The third-order valence-corrected chi connectivity index (χ3v) is 2.79. The maximum Gasteiger partial charge on any atom is 0.356 e. The van der Waals surface area contributed by atoms with Crippen LogP contribution in [0.15, 0.2) is 24.3 Å². The summed E-state index contributed by atoms with van der Waals surface area (Å²) in [6.45, 7) is 1.90.